The van der Waals surface area contributed by atoms with Crippen molar-refractivity contribution in [2.24, 2.45) is 0 Å². The highest BCUT2D eigenvalue weighted by molar-refractivity contribution is 6.33. The monoisotopic (exact) mass is 471 g/mol. The average molecular weight is 472 g/mol. The van der Waals surface area contributed by atoms with Gasteiger partial charge in [-0.1, -0.05) is 48.0 Å². The molecule has 0 aliphatic heterocycles. The first-order chi connectivity index (χ1) is 15.8. The molecular formula is C22H17ClF3N7. The third-order valence-electron chi connectivity index (χ3n) is 4.54. The van der Waals surface area contributed by atoms with Crippen LogP contribution in [0.2, 0.25) is 5.02 Å². The number of benzene rings is 2. The standard InChI is InChI=1S/C22H17ClF3N7/c23-17-11-14(22(24,25)26)12-28-19(17)31-20-18(27)21(30-13-29-20)32-33(15-7-3-1-4-8-15)16-9-5-2-6-10-16/h1-13H,27H2,(H2,28,29,30,31,32). The summed E-state index contributed by atoms with van der Waals surface area (Å²) in [7, 11) is 0. The van der Waals surface area contributed by atoms with Gasteiger partial charge in [0.05, 0.1) is 22.0 Å². The number of pyridine rings is 1. The van der Waals surface area contributed by atoms with Crippen LogP contribution in [0.4, 0.5) is 47.7 Å². The predicted octanol–water partition coefficient (Wildman–Crippen LogP) is 6.03. The normalized spacial score (nSPS) is 11.2. The quantitative estimate of drug-likeness (QED) is 0.295. The van der Waals surface area contributed by atoms with E-state index in [1.807, 2.05) is 60.7 Å². The number of nitrogen functional groups attached to an aromatic ring is 1. The van der Waals surface area contributed by atoms with Crippen LogP contribution in [0.1, 0.15) is 5.56 Å². The summed E-state index contributed by atoms with van der Waals surface area (Å²) in [4.78, 5) is 12.0. The summed E-state index contributed by atoms with van der Waals surface area (Å²) in [6.07, 6.45) is -2.62. The fourth-order valence-corrected chi connectivity index (χ4v) is 3.13. The Morgan fingerprint density at radius 2 is 1.39 bits per heavy atom. The van der Waals surface area contributed by atoms with Crippen LogP contribution in [0.25, 0.3) is 0 Å². The number of hydrogen-bond donors (Lipinski definition) is 3. The molecule has 7 nitrogen and oxygen atoms in total. The van der Waals surface area contributed by atoms with Crippen molar-refractivity contribution in [1.82, 2.24) is 15.0 Å². The van der Waals surface area contributed by atoms with Crippen LogP contribution in [0, 0.1) is 0 Å². The molecule has 0 saturated heterocycles. The Balaban J connectivity index is 1.64. The Kier molecular flexibility index (Phi) is 6.18. The molecule has 0 aliphatic carbocycles. The van der Waals surface area contributed by atoms with E-state index >= 15 is 0 Å². The van der Waals surface area contributed by atoms with Crippen LogP contribution >= 0.6 is 11.6 Å². The van der Waals surface area contributed by atoms with Crippen molar-refractivity contribution < 1.29 is 13.2 Å². The summed E-state index contributed by atoms with van der Waals surface area (Å²) < 4.78 is 38.6. The van der Waals surface area contributed by atoms with Crippen molar-refractivity contribution in [2.45, 2.75) is 6.18 Å². The van der Waals surface area contributed by atoms with E-state index in [1.165, 1.54) is 6.33 Å². The summed E-state index contributed by atoms with van der Waals surface area (Å²) in [5, 5.41) is 4.32. The van der Waals surface area contributed by atoms with E-state index in [0.717, 1.165) is 17.4 Å². The number of hydrogen-bond acceptors (Lipinski definition) is 7. The van der Waals surface area contributed by atoms with Crippen molar-refractivity contribution in [1.29, 1.82) is 0 Å². The van der Waals surface area contributed by atoms with Crippen molar-refractivity contribution in [3.8, 4) is 0 Å². The zero-order chi connectivity index (χ0) is 23.4. The van der Waals surface area contributed by atoms with Gasteiger partial charge in [-0.25, -0.2) is 15.0 Å². The molecule has 0 unspecified atom stereocenters. The first-order valence-corrected chi connectivity index (χ1v) is 9.98. The van der Waals surface area contributed by atoms with Gasteiger partial charge in [0.25, 0.3) is 0 Å². The van der Waals surface area contributed by atoms with Gasteiger partial charge in [0.1, 0.15) is 17.8 Å². The smallest absolute Gasteiger partial charge is 0.393 e. The van der Waals surface area contributed by atoms with E-state index in [1.54, 1.807) is 5.01 Å². The van der Waals surface area contributed by atoms with Gasteiger partial charge in [-0.15, -0.1) is 0 Å². The molecule has 0 radical (unpaired) electrons. The number of rotatable bonds is 6. The van der Waals surface area contributed by atoms with Crippen molar-refractivity contribution in [2.75, 3.05) is 21.5 Å². The van der Waals surface area contributed by atoms with Crippen LogP contribution in [0.15, 0.2) is 79.3 Å². The van der Waals surface area contributed by atoms with Gasteiger partial charge < -0.3 is 11.1 Å². The summed E-state index contributed by atoms with van der Waals surface area (Å²) in [6, 6.07) is 19.8. The molecule has 11 heteroatoms. The minimum Gasteiger partial charge on any atom is -0.393 e. The van der Waals surface area contributed by atoms with Gasteiger partial charge >= 0.3 is 6.18 Å². The lowest BCUT2D eigenvalue weighted by Gasteiger charge is -2.26. The van der Waals surface area contributed by atoms with Gasteiger partial charge in [0, 0.05) is 6.20 Å². The number of nitrogens with one attached hydrogen (secondary N) is 2. The number of hydrazine groups is 1. The number of para-hydroxylation sites is 2. The Hall–Kier alpha value is -4.05. The lowest BCUT2D eigenvalue weighted by Crippen LogP contribution is -2.26. The highest BCUT2D eigenvalue weighted by Crippen LogP contribution is 2.35. The van der Waals surface area contributed by atoms with E-state index in [9.17, 15) is 13.2 Å². The molecule has 4 aromatic rings. The van der Waals surface area contributed by atoms with Crippen LogP contribution in [-0.4, -0.2) is 15.0 Å². The number of nitrogens with zero attached hydrogens (tertiary/aromatic N) is 4. The minimum atomic E-state index is -4.56. The zero-order valence-electron chi connectivity index (χ0n) is 16.9. The minimum absolute atomic E-state index is 0.0241. The zero-order valence-corrected chi connectivity index (χ0v) is 17.6. The number of aromatic nitrogens is 3. The second-order valence-electron chi connectivity index (χ2n) is 6.78. The van der Waals surface area contributed by atoms with Gasteiger partial charge in [0.15, 0.2) is 11.6 Å². The molecule has 0 aliphatic rings. The van der Waals surface area contributed by atoms with Gasteiger partial charge in [-0.05, 0) is 30.3 Å². The van der Waals surface area contributed by atoms with Gasteiger partial charge in [-0.2, -0.15) is 13.2 Å². The maximum absolute atomic E-state index is 12.9. The molecule has 0 bridgehead atoms. The third kappa shape index (κ3) is 5.07. The average Bonchev–Trinajstić information content (AvgIpc) is 2.81. The number of alkyl halides is 3. The van der Waals surface area contributed by atoms with Crippen molar-refractivity contribution in [3.05, 3.63) is 89.8 Å². The molecule has 0 spiro atoms. The maximum atomic E-state index is 12.9. The lowest BCUT2D eigenvalue weighted by molar-refractivity contribution is -0.137. The molecule has 2 aromatic heterocycles. The van der Waals surface area contributed by atoms with E-state index in [2.05, 4.69) is 25.7 Å². The highest BCUT2D eigenvalue weighted by Gasteiger charge is 2.31. The fraction of sp³-hybridized carbons (Fsp3) is 0.0455. The number of nitrogens with two attached hydrogens (primary N) is 1. The van der Waals surface area contributed by atoms with Crippen LogP contribution in [-0.2, 0) is 6.18 Å². The first-order valence-electron chi connectivity index (χ1n) is 9.60. The summed E-state index contributed by atoms with van der Waals surface area (Å²) >= 11 is 5.99. The largest absolute Gasteiger partial charge is 0.417 e. The SMILES string of the molecule is Nc1c(Nc2ncc(C(F)(F)F)cc2Cl)ncnc1NN(c1ccccc1)c1ccccc1. The number of anilines is 6. The molecule has 0 amide bonds. The Morgan fingerprint density at radius 3 is 1.94 bits per heavy atom. The highest BCUT2D eigenvalue weighted by atomic mass is 35.5. The van der Waals surface area contributed by atoms with Gasteiger partial charge in [-0.3, -0.25) is 10.4 Å². The third-order valence-corrected chi connectivity index (χ3v) is 4.82. The molecule has 168 valence electrons. The number of halogens is 4. The Morgan fingerprint density at radius 1 is 0.818 bits per heavy atom. The molecule has 2 aromatic carbocycles. The molecule has 0 saturated carbocycles. The Bertz CT molecular complexity index is 1200. The van der Waals surface area contributed by atoms with Crippen LogP contribution < -0.4 is 21.5 Å². The van der Waals surface area contributed by atoms with Crippen molar-refractivity contribution in [3.63, 3.8) is 0 Å². The topological polar surface area (TPSA) is 92.0 Å². The molecule has 4 rings (SSSR count). The fourth-order valence-electron chi connectivity index (χ4n) is 2.92. The molecular weight excluding hydrogens is 455 g/mol. The van der Waals surface area contributed by atoms with E-state index in [0.29, 0.717) is 6.20 Å². The molecule has 0 fully saturated rings. The molecule has 4 N–H and O–H groups in total. The summed E-state index contributed by atoms with van der Waals surface area (Å²) in [6.45, 7) is 0. The maximum Gasteiger partial charge on any atom is 0.417 e. The second-order valence-corrected chi connectivity index (χ2v) is 7.19. The summed E-state index contributed by atoms with van der Waals surface area (Å²) in [5.74, 6) is 0.370. The lowest BCUT2D eigenvalue weighted by atomic mass is 10.2. The first kappa shape index (κ1) is 22.2. The predicted molar refractivity (Wildman–Crippen MR) is 123 cm³/mol. The molecule has 0 atom stereocenters. The van der Waals surface area contributed by atoms with Crippen LogP contribution in [0.5, 0.6) is 0 Å². The van der Waals surface area contributed by atoms with Crippen molar-refractivity contribution >= 4 is 46.1 Å². The van der Waals surface area contributed by atoms with E-state index < -0.39 is 11.7 Å². The molecule has 2 heterocycles. The van der Waals surface area contributed by atoms with E-state index in [4.69, 9.17) is 17.3 Å². The summed E-state index contributed by atoms with van der Waals surface area (Å²) in [5.41, 5.74) is 10.2. The second kappa shape index (κ2) is 9.21. The van der Waals surface area contributed by atoms with Crippen LogP contribution in [0.3, 0.4) is 0 Å². The Labute approximate surface area is 192 Å². The van der Waals surface area contributed by atoms with Gasteiger partial charge in [0.2, 0.25) is 0 Å². The molecule has 33 heavy (non-hydrogen) atoms. The van der Waals surface area contributed by atoms with E-state index in [-0.39, 0.29) is 28.2 Å².